The Kier molecular flexibility index (Phi) is 17.2. The maximum absolute atomic E-state index is 5.64. The number of alkyl halides is 1. The van der Waals surface area contributed by atoms with Gasteiger partial charge in [0.15, 0.2) is 0 Å². The fourth-order valence-electron chi connectivity index (χ4n) is 1.96. The summed E-state index contributed by atoms with van der Waals surface area (Å²) in [5, 5.41) is 0. The summed E-state index contributed by atoms with van der Waals surface area (Å²) in [5.74, 6) is 7.18. The van der Waals surface area contributed by atoms with Crippen LogP contribution in [0.15, 0.2) is 12.2 Å². The molecule has 0 aliphatic heterocycles. The molecule has 110 valence electrons. The van der Waals surface area contributed by atoms with Crippen molar-refractivity contribution in [3.8, 4) is 11.8 Å². The smallest absolute Gasteiger partial charge is 0.0223 e. The molecule has 0 aromatic heterocycles. The quantitative estimate of drug-likeness (QED) is 0.218. The Balaban J connectivity index is 3.14. The Hall–Kier alpha value is -0.410. The molecule has 0 aromatic carbocycles. The summed E-state index contributed by atoms with van der Waals surface area (Å²) in [7, 11) is 0. The van der Waals surface area contributed by atoms with E-state index in [9.17, 15) is 0 Å². The number of rotatable bonds is 12. The zero-order valence-corrected chi connectivity index (χ0v) is 13.5. The van der Waals surface area contributed by atoms with E-state index in [4.69, 9.17) is 11.6 Å². The van der Waals surface area contributed by atoms with E-state index in [-0.39, 0.29) is 0 Å². The van der Waals surface area contributed by atoms with Crippen molar-refractivity contribution in [1.82, 2.24) is 0 Å². The van der Waals surface area contributed by atoms with E-state index in [1.807, 2.05) is 6.08 Å². The lowest BCUT2D eigenvalue weighted by molar-refractivity contribution is 0.580. The second-order valence-corrected chi connectivity index (χ2v) is 5.51. The van der Waals surface area contributed by atoms with Crippen molar-refractivity contribution in [2.45, 2.75) is 84.0 Å². The molecule has 0 atom stereocenters. The van der Waals surface area contributed by atoms with Gasteiger partial charge in [0.2, 0.25) is 0 Å². The van der Waals surface area contributed by atoms with Gasteiger partial charge in [-0.3, -0.25) is 0 Å². The first-order valence-corrected chi connectivity index (χ1v) is 8.64. The fourth-order valence-corrected chi connectivity index (χ4v) is 2.15. The van der Waals surface area contributed by atoms with E-state index in [1.165, 1.54) is 70.6 Å². The highest BCUT2D eigenvalue weighted by Crippen LogP contribution is 2.09. The lowest BCUT2D eigenvalue weighted by atomic mass is 10.1. The first-order chi connectivity index (χ1) is 9.41. The second kappa shape index (κ2) is 17.6. The topological polar surface area (TPSA) is 0 Å². The normalized spacial score (nSPS) is 10.6. The van der Waals surface area contributed by atoms with E-state index >= 15 is 0 Å². The molecule has 0 bridgehead atoms. The molecule has 0 aromatic rings. The van der Waals surface area contributed by atoms with E-state index in [0.29, 0.717) is 0 Å². The molecule has 0 amide bonds. The molecule has 0 rings (SSSR count). The Labute approximate surface area is 126 Å². The molecule has 0 radical (unpaired) electrons. The Morgan fingerprint density at radius 3 is 2.11 bits per heavy atom. The average Bonchev–Trinajstić information content (AvgIpc) is 2.43. The predicted octanol–water partition coefficient (Wildman–Crippen LogP) is 6.49. The van der Waals surface area contributed by atoms with Crippen LogP contribution >= 0.6 is 11.6 Å². The van der Waals surface area contributed by atoms with E-state index in [1.54, 1.807) is 0 Å². The molecule has 0 unspecified atom stereocenters. The van der Waals surface area contributed by atoms with Gasteiger partial charge in [0, 0.05) is 12.3 Å². The average molecular weight is 283 g/mol. The fraction of sp³-hybridized carbons (Fsp3) is 0.778. The lowest BCUT2D eigenvalue weighted by Gasteiger charge is -1.99. The molecular formula is C18H31Cl. The van der Waals surface area contributed by atoms with E-state index < -0.39 is 0 Å². The van der Waals surface area contributed by atoms with Crippen LogP contribution in [0, 0.1) is 11.8 Å². The van der Waals surface area contributed by atoms with Crippen LogP contribution in [0.25, 0.3) is 0 Å². The van der Waals surface area contributed by atoms with Crippen LogP contribution < -0.4 is 0 Å². The van der Waals surface area contributed by atoms with Crippen molar-refractivity contribution >= 4 is 11.6 Å². The first kappa shape index (κ1) is 18.6. The summed E-state index contributed by atoms with van der Waals surface area (Å²) in [5.41, 5.74) is 0. The van der Waals surface area contributed by atoms with Crippen LogP contribution in [-0.2, 0) is 0 Å². The lowest BCUT2D eigenvalue weighted by Crippen LogP contribution is -1.81. The third-order valence-electron chi connectivity index (χ3n) is 3.21. The van der Waals surface area contributed by atoms with Crippen LogP contribution in [0.1, 0.15) is 84.0 Å². The molecule has 0 saturated heterocycles. The van der Waals surface area contributed by atoms with Crippen molar-refractivity contribution in [1.29, 1.82) is 0 Å². The molecule has 0 N–H and O–H groups in total. The van der Waals surface area contributed by atoms with E-state index in [0.717, 1.165) is 12.3 Å². The third-order valence-corrected chi connectivity index (χ3v) is 3.48. The second-order valence-electron chi connectivity index (χ2n) is 5.13. The highest BCUT2D eigenvalue weighted by molar-refractivity contribution is 6.17. The number of hydrogen-bond donors (Lipinski definition) is 0. The minimum Gasteiger partial charge on any atom is -0.127 e. The molecular weight excluding hydrogens is 252 g/mol. The molecule has 0 spiro atoms. The molecule has 0 saturated carbocycles. The Morgan fingerprint density at radius 2 is 1.47 bits per heavy atom. The minimum atomic E-state index is 0.825. The van der Waals surface area contributed by atoms with Crippen LogP contribution in [0.2, 0.25) is 0 Å². The molecule has 0 aliphatic rings. The summed E-state index contributed by atoms with van der Waals surface area (Å²) in [6.45, 7) is 2.22. The van der Waals surface area contributed by atoms with Crippen LogP contribution in [-0.4, -0.2) is 5.88 Å². The summed E-state index contributed by atoms with van der Waals surface area (Å²) in [6.07, 6.45) is 19.6. The van der Waals surface area contributed by atoms with Crippen molar-refractivity contribution in [2.24, 2.45) is 0 Å². The first-order valence-electron chi connectivity index (χ1n) is 8.11. The van der Waals surface area contributed by atoms with Gasteiger partial charge in [-0.05, 0) is 25.3 Å². The van der Waals surface area contributed by atoms with Gasteiger partial charge in [0.1, 0.15) is 0 Å². The maximum atomic E-state index is 5.64. The van der Waals surface area contributed by atoms with Crippen molar-refractivity contribution in [3.05, 3.63) is 12.2 Å². The molecule has 1 heteroatoms. The van der Waals surface area contributed by atoms with Gasteiger partial charge in [-0.15, -0.1) is 11.6 Å². The third kappa shape index (κ3) is 17.6. The largest absolute Gasteiger partial charge is 0.127 e. The van der Waals surface area contributed by atoms with Gasteiger partial charge < -0.3 is 0 Å². The van der Waals surface area contributed by atoms with Gasteiger partial charge >= 0.3 is 0 Å². The molecule has 0 nitrogen and oxygen atoms in total. The predicted molar refractivity (Wildman–Crippen MR) is 88.7 cm³/mol. The highest BCUT2D eigenvalue weighted by Gasteiger charge is 1.91. The van der Waals surface area contributed by atoms with Gasteiger partial charge in [-0.1, -0.05) is 76.2 Å². The zero-order valence-electron chi connectivity index (χ0n) is 12.7. The zero-order chi connectivity index (χ0) is 14.0. The van der Waals surface area contributed by atoms with Crippen LogP contribution in [0.3, 0.4) is 0 Å². The molecule has 0 fully saturated rings. The van der Waals surface area contributed by atoms with Crippen molar-refractivity contribution in [3.63, 3.8) is 0 Å². The Bertz CT molecular complexity index is 244. The number of allylic oxidation sites excluding steroid dienone is 2. The number of halogens is 1. The summed E-state index contributed by atoms with van der Waals surface area (Å²) < 4.78 is 0. The minimum absolute atomic E-state index is 0.825. The van der Waals surface area contributed by atoms with Gasteiger partial charge in [0.05, 0.1) is 0 Å². The number of hydrogen-bond acceptors (Lipinski definition) is 0. The summed E-state index contributed by atoms with van der Waals surface area (Å²) in [6, 6.07) is 0. The summed E-state index contributed by atoms with van der Waals surface area (Å²) >= 11 is 5.64. The molecule has 0 aliphatic carbocycles. The van der Waals surface area contributed by atoms with Crippen LogP contribution in [0.5, 0.6) is 0 Å². The van der Waals surface area contributed by atoms with Crippen molar-refractivity contribution < 1.29 is 0 Å². The molecule has 0 heterocycles. The molecule has 19 heavy (non-hydrogen) atoms. The summed E-state index contributed by atoms with van der Waals surface area (Å²) in [4.78, 5) is 0. The van der Waals surface area contributed by atoms with Crippen molar-refractivity contribution in [2.75, 3.05) is 5.88 Å². The number of unbranched alkanes of at least 4 members (excludes halogenated alkanes) is 10. The van der Waals surface area contributed by atoms with Gasteiger partial charge in [-0.2, -0.15) is 0 Å². The van der Waals surface area contributed by atoms with Gasteiger partial charge in [0.25, 0.3) is 0 Å². The maximum Gasteiger partial charge on any atom is 0.0223 e. The highest BCUT2D eigenvalue weighted by atomic mass is 35.5. The van der Waals surface area contributed by atoms with E-state index in [2.05, 4.69) is 24.8 Å². The van der Waals surface area contributed by atoms with Crippen LogP contribution in [0.4, 0.5) is 0 Å². The standard InChI is InChI=1S/C18H31Cl/c1-2-3-4-5-6-7-8-9-10-11-12-13-14-15-16-17-18-19/h5-6H,2-4,9-18H2,1H3. The van der Waals surface area contributed by atoms with Gasteiger partial charge in [-0.25, -0.2) is 0 Å². The Morgan fingerprint density at radius 1 is 0.842 bits per heavy atom. The SMILES string of the molecule is CCCCC=CC#CCCCCCCCCCCCl. The monoisotopic (exact) mass is 282 g/mol.